The third-order valence-electron chi connectivity index (χ3n) is 6.51. The molecule has 2 aliphatic rings. The molecule has 1 amide bonds. The number of thioether (sulfide) groups is 1. The molecule has 0 unspecified atom stereocenters. The molecule has 0 atom stereocenters. The van der Waals surface area contributed by atoms with Crippen LogP contribution in [0.5, 0.6) is 5.75 Å². The molecular formula is C25H26FNO2S2. The zero-order valence-corrected chi connectivity index (χ0v) is 20.0. The average Bonchev–Trinajstić information content (AvgIpc) is 2.99. The molecular weight excluding hydrogens is 429 g/mol. The first-order valence-electron chi connectivity index (χ1n) is 10.3. The van der Waals surface area contributed by atoms with Gasteiger partial charge in [0.25, 0.3) is 5.91 Å². The van der Waals surface area contributed by atoms with Gasteiger partial charge in [0.1, 0.15) is 4.32 Å². The highest BCUT2D eigenvalue weighted by Crippen LogP contribution is 2.48. The first kappa shape index (κ1) is 22.0. The largest absolute Gasteiger partial charge is 0.504 e. The van der Waals surface area contributed by atoms with E-state index in [1.165, 1.54) is 17.2 Å². The minimum absolute atomic E-state index is 0.00464. The van der Waals surface area contributed by atoms with E-state index < -0.39 is 5.82 Å². The highest BCUT2D eigenvalue weighted by Gasteiger charge is 2.37. The lowest BCUT2D eigenvalue weighted by molar-refractivity contribution is -0.115. The van der Waals surface area contributed by atoms with Gasteiger partial charge in [-0.2, -0.15) is 0 Å². The number of halogens is 1. The SMILES string of the molecule is Cc1cc2c(cc1-c1cc(/C=C3/SC(=S)NC3=O)cc(F)c1O)C(C)(C)CCC2(C)C. The van der Waals surface area contributed by atoms with Crippen LogP contribution in [0, 0.1) is 12.7 Å². The van der Waals surface area contributed by atoms with E-state index in [-0.39, 0.29) is 22.5 Å². The van der Waals surface area contributed by atoms with Crippen LogP contribution in [-0.4, -0.2) is 15.3 Å². The van der Waals surface area contributed by atoms with E-state index in [1.807, 2.05) is 6.92 Å². The molecule has 0 aromatic heterocycles. The van der Waals surface area contributed by atoms with Crippen molar-refractivity contribution in [2.75, 3.05) is 0 Å². The summed E-state index contributed by atoms with van der Waals surface area (Å²) in [6.07, 6.45) is 3.77. The number of thiocarbonyl (C=S) groups is 1. The number of aromatic hydroxyl groups is 1. The number of fused-ring (bicyclic) bond motifs is 1. The first-order chi connectivity index (χ1) is 14.4. The second kappa shape index (κ2) is 7.45. The summed E-state index contributed by atoms with van der Waals surface area (Å²) in [4.78, 5) is 12.4. The second-order valence-corrected chi connectivity index (χ2v) is 11.5. The van der Waals surface area contributed by atoms with Crippen molar-refractivity contribution in [2.24, 2.45) is 0 Å². The second-order valence-electron chi connectivity index (χ2n) is 9.73. The van der Waals surface area contributed by atoms with Gasteiger partial charge in [0.2, 0.25) is 0 Å². The van der Waals surface area contributed by atoms with Gasteiger partial charge in [0.05, 0.1) is 4.91 Å². The average molecular weight is 456 g/mol. The number of benzene rings is 2. The summed E-state index contributed by atoms with van der Waals surface area (Å²) >= 11 is 6.18. The molecule has 4 rings (SSSR count). The smallest absolute Gasteiger partial charge is 0.263 e. The van der Waals surface area contributed by atoms with Crippen LogP contribution in [0.3, 0.4) is 0 Å². The Bertz CT molecular complexity index is 1160. The Kier molecular flexibility index (Phi) is 5.30. The van der Waals surface area contributed by atoms with E-state index in [9.17, 15) is 14.3 Å². The lowest BCUT2D eigenvalue weighted by Gasteiger charge is -2.42. The van der Waals surface area contributed by atoms with Crippen molar-refractivity contribution in [3.05, 3.63) is 57.2 Å². The molecule has 1 fully saturated rings. The van der Waals surface area contributed by atoms with Gasteiger partial charge >= 0.3 is 0 Å². The molecule has 1 aliphatic heterocycles. The molecule has 1 aliphatic carbocycles. The van der Waals surface area contributed by atoms with Crippen LogP contribution in [0.1, 0.15) is 62.8 Å². The summed E-state index contributed by atoms with van der Waals surface area (Å²) in [7, 11) is 0. The molecule has 2 N–H and O–H groups in total. The Hall–Kier alpha value is -2.18. The number of aryl methyl sites for hydroxylation is 1. The van der Waals surface area contributed by atoms with E-state index in [0.717, 1.165) is 35.7 Å². The van der Waals surface area contributed by atoms with Crippen molar-refractivity contribution in [2.45, 2.75) is 58.3 Å². The minimum Gasteiger partial charge on any atom is -0.504 e. The van der Waals surface area contributed by atoms with E-state index in [0.29, 0.717) is 20.4 Å². The lowest BCUT2D eigenvalue weighted by Crippen LogP contribution is -2.34. The molecule has 6 heteroatoms. The minimum atomic E-state index is -0.716. The Morgan fingerprint density at radius 2 is 1.68 bits per heavy atom. The Labute approximate surface area is 192 Å². The molecule has 0 bridgehead atoms. The number of amides is 1. The predicted molar refractivity (Wildman–Crippen MR) is 130 cm³/mol. The molecule has 3 nitrogen and oxygen atoms in total. The highest BCUT2D eigenvalue weighted by molar-refractivity contribution is 8.26. The zero-order chi connectivity index (χ0) is 22.7. The Morgan fingerprint density at radius 3 is 2.26 bits per heavy atom. The van der Waals surface area contributed by atoms with Gasteiger partial charge in [-0.3, -0.25) is 4.79 Å². The van der Waals surface area contributed by atoms with Gasteiger partial charge < -0.3 is 10.4 Å². The van der Waals surface area contributed by atoms with Gasteiger partial charge in [0, 0.05) is 5.56 Å². The lowest BCUT2D eigenvalue weighted by atomic mass is 9.62. The van der Waals surface area contributed by atoms with Crippen molar-refractivity contribution in [1.82, 2.24) is 5.32 Å². The quantitative estimate of drug-likeness (QED) is 0.410. The van der Waals surface area contributed by atoms with E-state index in [4.69, 9.17) is 12.2 Å². The normalized spacial score (nSPS) is 20.6. The van der Waals surface area contributed by atoms with Gasteiger partial charge in [-0.05, 0) is 82.7 Å². The fraction of sp³-hybridized carbons (Fsp3) is 0.360. The standard InChI is InChI=1S/C25H26FNO2S2/c1-13-8-17-18(25(4,5)7-6-24(17,2)3)12-15(13)16-9-14(10-19(26)21(16)28)11-20-22(29)27-23(30)31-20/h8-12,28H,6-7H2,1-5H3,(H,27,29,30)/b20-11+. The predicted octanol–water partition coefficient (Wildman–Crippen LogP) is 6.34. The number of phenols is 1. The topological polar surface area (TPSA) is 49.3 Å². The van der Waals surface area contributed by atoms with Crippen LogP contribution < -0.4 is 5.32 Å². The summed E-state index contributed by atoms with van der Waals surface area (Å²) in [6, 6.07) is 7.27. The van der Waals surface area contributed by atoms with Crippen LogP contribution in [0.15, 0.2) is 29.2 Å². The number of hydrogen-bond acceptors (Lipinski definition) is 4. The number of rotatable bonds is 2. The van der Waals surface area contributed by atoms with E-state index in [2.05, 4.69) is 45.1 Å². The summed E-state index contributed by atoms with van der Waals surface area (Å²) in [5.41, 5.74) is 5.34. The summed E-state index contributed by atoms with van der Waals surface area (Å²) < 4.78 is 15.1. The number of carbonyl (C=O) groups excluding carboxylic acids is 1. The van der Waals surface area contributed by atoms with Crippen LogP contribution in [0.4, 0.5) is 4.39 Å². The molecule has 162 valence electrons. The van der Waals surface area contributed by atoms with Crippen LogP contribution in [0.2, 0.25) is 0 Å². The van der Waals surface area contributed by atoms with Crippen LogP contribution in [0.25, 0.3) is 17.2 Å². The molecule has 0 spiro atoms. The number of carbonyl (C=O) groups is 1. The maximum absolute atomic E-state index is 14.7. The van der Waals surface area contributed by atoms with E-state index >= 15 is 0 Å². The molecule has 2 aromatic rings. The van der Waals surface area contributed by atoms with Crippen LogP contribution in [-0.2, 0) is 15.6 Å². The third-order valence-corrected chi connectivity index (χ3v) is 7.68. The van der Waals surface area contributed by atoms with Gasteiger partial charge in [0.15, 0.2) is 11.6 Å². The Morgan fingerprint density at radius 1 is 1.06 bits per heavy atom. The maximum atomic E-state index is 14.7. The summed E-state index contributed by atoms with van der Waals surface area (Å²) in [5.74, 6) is -1.39. The van der Waals surface area contributed by atoms with Crippen molar-refractivity contribution in [3.8, 4) is 16.9 Å². The molecule has 1 saturated heterocycles. The molecule has 31 heavy (non-hydrogen) atoms. The first-order valence-corrected chi connectivity index (χ1v) is 11.5. The van der Waals surface area contributed by atoms with Crippen molar-refractivity contribution < 1.29 is 14.3 Å². The molecule has 0 radical (unpaired) electrons. The number of nitrogens with one attached hydrogen (secondary N) is 1. The highest BCUT2D eigenvalue weighted by atomic mass is 32.2. The molecule has 0 saturated carbocycles. The number of hydrogen-bond donors (Lipinski definition) is 2. The van der Waals surface area contributed by atoms with Gasteiger partial charge in [-0.15, -0.1) is 0 Å². The van der Waals surface area contributed by atoms with E-state index in [1.54, 1.807) is 12.1 Å². The summed E-state index contributed by atoms with van der Waals surface area (Å²) in [5, 5.41) is 13.2. The molecule has 1 heterocycles. The number of phenolic OH excluding ortho intramolecular Hbond substituents is 1. The molecule has 2 aromatic carbocycles. The fourth-order valence-corrected chi connectivity index (χ4v) is 5.54. The van der Waals surface area contributed by atoms with Crippen molar-refractivity contribution >= 4 is 40.3 Å². The monoisotopic (exact) mass is 455 g/mol. The fourth-order valence-electron chi connectivity index (χ4n) is 4.49. The summed E-state index contributed by atoms with van der Waals surface area (Å²) in [6.45, 7) is 11.0. The van der Waals surface area contributed by atoms with Crippen molar-refractivity contribution in [3.63, 3.8) is 0 Å². The van der Waals surface area contributed by atoms with Gasteiger partial charge in [-0.1, -0.05) is 57.7 Å². The maximum Gasteiger partial charge on any atom is 0.263 e. The Balaban J connectivity index is 1.89. The van der Waals surface area contributed by atoms with Crippen LogP contribution >= 0.6 is 24.0 Å². The third kappa shape index (κ3) is 3.92. The van der Waals surface area contributed by atoms with Crippen molar-refractivity contribution in [1.29, 1.82) is 0 Å². The zero-order valence-electron chi connectivity index (χ0n) is 18.4. The van der Waals surface area contributed by atoms with Gasteiger partial charge in [-0.25, -0.2) is 4.39 Å².